The van der Waals surface area contributed by atoms with E-state index in [0.717, 1.165) is 15.7 Å². The zero-order chi connectivity index (χ0) is 34.8. The lowest BCUT2D eigenvalue weighted by atomic mass is 9.95. The summed E-state index contributed by atoms with van der Waals surface area (Å²) in [4.78, 5) is 44.6. The van der Waals surface area contributed by atoms with Gasteiger partial charge in [-0.3, -0.25) is 14.2 Å². The first-order chi connectivity index (χ1) is 23.6. The summed E-state index contributed by atoms with van der Waals surface area (Å²) in [7, 11) is 3.04. The van der Waals surface area contributed by atoms with Gasteiger partial charge < -0.3 is 18.9 Å². The van der Waals surface area contributed by atoms with Gasteiger partial charge in [0.25, 0.3) is 5.56 Å². The molecule has 6 rings (SSSR count). The fourth-order valence-corrected chi connectivity index (χ4v) is 7.16. The first-order valence-corrected chi connectivity index (χ1v) is 16.8. The minimum atomic E-state index is -0.901. The van der Waals surface area contributed by atoms with Crippen molar-refractivity contribution in [1.29, 1.82) is 0 Å². The molecule has 0 bridgehead atoms. The number of ether oxygens (including phenoxy) is 4. The molecule has 0 saturated carbocycles. The third-order valence-electron chi connectivity index (χ3n) is 7.75. The van der Waals surface area contributed by atoms with Crippen molar-refractivity contribution >= 4 is 45.3 Å². The number of allylic oxidation sites excluding steroid dienone is 1. The summed E-state index contributed by atoms with van der Waals surface area (Å²) in [5, 5.41) is 4.91. The summed E-state index contributed by atoms with van der Waals surface area (Å²) >= 11 is 4.78. The zero-order valence-corrected chi connectivity index (χ0v) is 29.6. The van der Waals surface area contributed by atoms with Gasteiger partial charge in [0.15, 0.2) is 16.3 Å². The van der Waals surface area contributed by atoms with Crippen LogP contribution in [0.2, 0.25) is 0 Å². The Morgan fingerprint density at radius 1 is 1.00 bits per heavy atom. The lowest BCUT2D eigenvalue weighted by Crippen LogP contribution is -2.40. The molecule has 5 aromatic rings. The summed E-state index contributed by atoms with van der Waals surface area (Å²) in [6, 6.07) is 19.3. The molecule has 1 aliphatic rings. The van der Waals surface area contributed by atoms with Crippen LogP contribution >= 0.6 is 27.3 Å². The van der Waals surface area contributed by atoms with Crippen LogP contribution in [0.1, 0.15) is 37.9 Å². The predicted molar refractivity (Wildman–Crippen MR) is 188 cm³/mol. The summed E-state index contributed by atoms with van der Waals surface area (Å²) in [5.74, 6) is 0.0295. The van der Waals surface area contributed by atoms with Gasteiger partial charge >= 0.3 is 11.9 Å². The Bertz CT molecular complexity index is 2310. The van der Waals surface area contributed by atoms with Gasteiger partial charge in [0.1, 0.15) is 11.4 Å². The highest BCUT2D eigenvalue weighted by Gasteiger charge is 2.34. The number of para-hydroxylation sites is 1. The molecule has 2 aromatic heterocycles. The van der Waals surface area contributed by atoms with Gasteiger partial charge in [-0.1, -0.05) is 35.6 Å². The van der Waals surface area contributed by atoms with E-state index in [2.05, 4.69) is 15.9 Å². The molecular formula is C36H31BrN4O7S. The minimum Gasteiger partial charge on any atom is -0.496 e. The number of benzene rings is 3. The lowest BCUT2D eigenvalue weighted by molar-refractivity contribution is -0.139. The maximum absolute atomic E-state index is 14.4. The topological polar surface area (TPSA) is 123 Å². The van der Waals surface area contributed by atoms with E-state index in [0.29, 0.717) is 37.6 Å². The molecular weight excluding hydrogens is 712 g/mol. The largest absolute Gasteiger partial charge is 0.496 e. The fraction of sp³-hybridized carbons (Fsp3) is 0.194. The van der Waals surface area contributed by atoms with Crippen LogP contribution in [0.25, 0.3) is 23.0 Å². The first kappa shape index (κ1) is 33.6. The maximum atomic E-state index is 14.4. The van der Waals surface area contributed by atoms with Gasteiger partial charge in [-0.15, -0.1) is 0 Å². The average Bonchev–Trinajstić information content (AvgIpc) is 3.64. The van der Waals surface area contributed by atoms with Crippen molar-refractivity contribution in [2.24, 2.45) is 4.99 Å². The summed E-state index contributed by atoms with van der Waals surface area (Å²) < 4.78 is 26.1. The highest BCUT2D eigenvalue weighted by atomic mass is 79.9. The molecule has 11 nitrogen and oxygen atoms in total. The van der Waals surface area contributed by atoms with Crippen LogP contribution in [0.5, 0.6) is 17.2 Å². The number of thiazole rings is 1. The van der Waals surface area contributed by atoms with Crippen LogP contribution in [-0.2, 0) is 14.3 Å². The number of nitrogens with zero attached hydrogens (tertiary/aromatic N) is 4. The lowest BCUT2D eigenvalue weighted by Gasteiger charge is -2.25. The van der Waals surface area contributed by atoms with Crippen LogP contribution in [0.4, 0.5) is 0 Å². The van der Waals surface area contributed by atoms with Crippen molar-refractivity contribution < 1.29 is 28.5 Å². The van der Waals surface area contributed by atoms with Gasteiger partial charge in [0.2, 0.25) is 0 Å². The molecule has 1 aliphatic heterocycles. The van der Waals surface area contributed by atoms with Crippen LogP contribution in [0.15, 0.2) is 98.5 Å². The molecule has 0 saturated heterocycles. The Hall–Kier alpha value is -5.27. The molecule has 0 N–H and O–H groups in total. The Morgan fingerprint density at radius 3 is 2.41 bits per heavy atom. The van der Waals surface area contributed by atoms with Crippen LogP contribution in [0, 0.1) is 0 Å². The second kappa shape index (κ2) is 14.1. The summed E-state index contributed by atoms with van der Waals surface area (Å²) in [5.41, 5.74) is 3.79. The molecule has 250 valence electrons. The summed E-state index contributed by atoms with van der Waals surface area (Å²) in [6.45, 7) is 4.85. The van der Waals surface area contributed by atoms with Crippen molar-refractivity contribution in [2.45, 2.75) is 26.8 Å². The third-order valence-corrected chi connectivity index (χ3v) is 9.35. The van der Waals surface area contributed by atoms with Gasteiger partial charge in [-0.2, -0.15) is 5.10 Å². The molecule has 13 heteroatoms. The number of fused-ring (bicyclic) bond motifs is 1. The van der Waals surface area contributed by atoms with E-state index in [4.69, 9.17) is 29.0 Å². The number of rotatable bonds is 9. The Labute approximate surface area is 293 Å². The monoisotopic (exact) mass is 742 g/mol. The maximum Gasteiger partial charge on any atom is 0.338 e. The van der Waals surface area contributed by atoms with Crippen LogP contribution in [0.3, 0.4) is 0 Å². The standard InChI is InChI=1S/C36H31BrN4O7S/c1-6-47-35(44)31-20(2)38-36-41(33(31)23-13-15-28(48-21(3)42)29(17-23)46-5)34(43)30(49-36)18-24-19-40(25-10-8-7-9-11-25)39-32(24)22-12-14-27(45-4)26(37)16-22/h7-19,33H,6H2,1-5H3/b30-18-. The van der Waals surface area contributed by atoms with Crippen molar-refractivity contribution in [3.05, 3.63) is 119 Å². The van der Waals surface area contributed by atoms with E-state index >= 15 is 0 Å². The Morgan fingerprint density at radius 2 is 1.73 bits per heavy atom. The number of carbonyl (C=O) groups excluding carboxylic acids is 2. The van der Waals surface area contributed by atoms with E-state index in [1.807, 2.05) is 54.7 Å². The highest BCUT2D eigenvalue weighted by molar-refractivity contribution is 9.10. The van der Waals surface area contributed by atoms with Gasteiger partial charge in [-0.25, -0.2) is 14.5 Å². The highest BCUT2D eigenvalue weighted by Crippen LogP contribution is 2.37. The van der Waals surface area contributed by atoms with Crippen molar-refractivity contribution in [3.8, 4) is 34.2 Å². The molecule has 3 heterocycles. The Kier molecular flexibility index (Phi) is 9.65. The van der Waals surface area contributed by atoms with E-state index in [1.54, 1.807) is 49.9 Å². The van der Waals surface area contributed by atoms with Crippen molar-refractivity contribution in [1.82, 2.24) is 14.3 Å². The van der Waals surface area contributed by atoms with Crippen molar-refractivity contribution in [2.75, 3.05) is 20.8 Å². The number of methoxy groups -OCH3 is 2. The number of carbonyl (C=O) groups is 2. The molecule has 0 aliphatic carbocycles. The average molecular weight is 744 g/mol. The van der Waals surface area contributed by atoms with Crippen LogP contribution < -0.4 is 29.1 Å². The molecule has 49 heavy (non-hydrogen) atoms. The normalized spacial score (nSPS) is 14.2. The zero-order valence-electron chi connectivity index (χ0n) is 27.2. The van der Waals surface area contributed by atoms with Gasteiger partial charge in [0.05, 0.1) is 52.8 Å². The second-order valence-corrected chi connectivity index (χ2v) is 12.7. The molecule has 0 amide bonds. The number of aromatic nitrogens is 3. The molecule has 0 spiro atoms. The Balaban J connectivity index is 1.56. The molecule has 0 fully saturated rings. The minimum absolute atomic E-state index is 0.136. The predicted octanol–water partition coefficient (Wildman–Crippen LogP) is 5.36. The SMILES string of the molecule is CCOC(=O)C1=C(C)N=c2s/c(=C\c3cn(-c4ccccc4)nc3-c3ccc(OC)c(Br)c3)c(=O)n2C1c1ccc(OC(C)=O)c(OC)c1. The van der Waals surface area contributed by atoms with Gasteiger partial charge in [0, 0.05) is 24.2 Å². The first-order valence-electron chi connectivity index (χ1n) is 15.2. The number of halogens is 1. The van der Waals surface area contributed by atoms with Crippen molar-refractivity contribution in [3.63, 3.8) is 0 Å². The number of hydrogen-bond donors (Lipinski definition) is 0. The van der Waals surface area contributed by atoms with Gasteiger partial charge in [-0.05, 0) is 83.9 Å². The quantitative estimate of drug-likeness (QED) is 0.146. The molecule has 1 atom stereocenters. The fourth-order valence-electron chi connectivity index (χ4n) is 5.59. The van der Waals surface area contributed by atoms with E-state index in [-0.39, 0.29) is 29.2 Å². The smallest absolute Gasteiger partial charge is 0.338 e. The third kappa shape index (κ3) is 6.59. The van der Waals surface area contributed by atoms with Crippen LogP contribution in [-0.4, -0.2) is 47.1 Å². The number of hydrogen-bond acceptors (Lipinski definition) is 10. The second-order valence-electron chi connectivity index (χ2n) is 10.9. The van der Waals surface area contributed by atoms with E-state index in [1.165, 1.54) is 29.9 Å². The van der Waals surface area contributed by atoms with E-state index in [9.17, 15) is 14.4 Å². The number of esters is 2. The summed E-state index contributed by atoms with van der Waals surface area (Å²) in [6.07, 6.45) is 3.65. The molecule has 0 radical (unpaired) electrons. The molecule has 1 unspecified atom stereocenters. The molecule has 3 aromatic carbocycles. The van der Waals surface area contributed by atoms with E-state index < -0.39 is 18.0 Å².